The monoisotopic (exact) mass is 346 g/mol. The van der Waals surface area contributed by atoms with Crippen molar-refractivity contribution in [3.05, 3.63) is 12.4 Å². The van der Waals surface area contributed by atoms with E-state index in [1.165, 1.54) is 12.7 Å². The second-order valence-electron chi connectivity index (χ2n) is 7.26. The summed E-state index contributed by atoms with van der Waals surface area (Å²) in [5.74, 6) is 1.87. The smallest absolute Gasteiger partial charge is 0.223 e. The first-order valence-corrected chi connectivity index (χ1v) is 9.27. The number of carbonyl (C=O) groups is 1. The lowest BCUT2D eigenvalue weighted by atomic mass is 9.78. The maximum absolute atomic E-state index is 12.8. The van der Waals surface area contributed by atoms with Crippen LogP contribution in [0.1, 0.15) is 32.1 Å². The molecule has 3 fully saturated rings. The Labute approximate surface area is 148 Å². The first kappa shape index (κ1) is 16.6. The van der Waals surface area contributed by atoms with Gasteiger partial charge in [0.05, 0.1) is 13.2 Å². The molecule has 3 atom stereocenters. The molecule has 1 saturated carbocycles. The van der Waals surface area contributed by atoms with Crippen molar-refractivity contribution in [2.75, 3.05) is 31.7 Å². The van der Waals surface area contributed by atoms with Gasteiger partial charge in [0.15, 0.2) is 0 Å². The number of aromatic nitrogens is 2. The second-order valence-corrected chi connectivity index (χ2v) is 7.26. The Bertz CT molecular complexity index is 622. The van der Waals surface area contributed by atoms with Crippen LogP contribution in [-0.2, 0) is 9.53 Å². The number of rotatable bonds is 4. The normalized spacial score (nSPS) is 29.5. The number of piperidine rings is 1. The van der Waals surface area contributed by atoms with Gasteiger partial charge in [-0.15, -0.1) is 0 Å². The summed E-state index contributed by atoms with van der Waals surface area (Å²) in [7, 11) is 1.61. The molecule has 0 unspecified atom stereocenters. The van der Waals surface area contributed by atoms with Gasteiger partial charge >= 0.3 is 0 Å². The molecule has 0 spiro atoms. The lowest BCUT2D eigenvalue weighted by Gasteiger charge is -2.45. The van der Waals surface area contributed by atoms with E-state index < -0.39 is 0 Å². The predicted molar refractivity (Wildman–Crippen MR) is 92.5 cm³/mol. The number of methoxy groups -OCH3 is 1. The van der Waals surface area contributed by atoms with Crippen molar-refractivity contribution >= 4 is 11.7 Å². The summed E-state index contributed by atoms with van der Waals surface area (Å²) < 4.78 is 11.2. The predicted octanol–water partition coefficient (Wildman–Crippen LogP) is 1.39. The van der Waals surface area contributed by atoms with E-state index in [0.717, 1.165) is 44.6 Å². The molecule has 0 aromatic carbocycles. The number of nitrogens with one attached hydrogen (secondary N) is 1. The van der Waals surface area contributed by atoms with Crippen LogP contribution in [-0.4, -0.2) is 54.8 Å². The van der Waals surface area contributed by atoms with Gasteiger partial charge in [0.1, 0.15) is 12.1 Å². The summed E-state index contributed by atoms with van der Waals surface area (Å²) in [6.07, 6.45) is 6.90. The van der Waals surface area contributed by atoms with Crippen LogP contribution < -0.4 is 15.0 Å². The number of ether oxygens (including phenoxy) is 2. The van der Waals surface area contributed by atoms with E-state index in [-0.39, 0.29) is 23.8 Å². The van der Waals surface area contributed by atoms with Gasteiger partial charge in [-0.3, -0.25) is 4.79 Å². The first-order valence-electron chi connectivity index (χ1n) is 9.27. The van der Waals surface area contributed by atoms with Crippen molar-refractivity contribution in [2.24, 2.45) is 11.8 Å². The molecule has 2 aliphatic heterocycles. The summed E-state index contributed by atoms with van der Waals surface area (Å²) >= 11 is 0. The maximum Gasteiger partial charge on any atom is 0.223 e. The van der Waals surface area contributed by atoms with Crippen molar-refractivity contribution in [3.63, 3.8) is 0 Å². The van der Waals surface area contributed by atoms with Gasteiger partial charge in [-0.25, -0.2) is 9.97 Å². The molecule has 1 amide bonds. The zero-order chi connectivity index (χ0) is 17.2. The van der Waals surface area contributed by atoms with E-state index in [1.807, 2.05) is 6.07 Å². The zero-order valence-electron chi connectivity index (χ0n) is 14.7. The van der Waals surface area contributed by atoms with Gasteiger partial charge in [0.25, 0.3) is 0 Å². The van der Waals surface area contributed by atoms with Gasteiger partial charge in [-0.2, -0.15) is 0 Å². The fourth-order valence-corrected chi connectivity index (χ4v) is 4.12. The Morgan fingerprint density at radius 1 is 1.32 bits per heavy atom. The third-order valence-electron chi connectivity index (χ3n) is 5.82. The lowest BCUT2D eigenvalue weighted by molar-refractivity contribution is -0.138. The average Bonchev–Trinajstić information content (AvgIpc) is 2.63. The van der Waals surface area contributed by atoms with Gasteiger partial charge in [-0.1, -0.05) is 0 Å². The highest BCUT2D eigenvalue weighted by Crippen LogP contribution is 2.35. The van der Waals surface area contributed by atoms with Crippen LogP contribution in [0, 0.1) is 11.8 Å². The molecule has 1 N–H and O–H groups in total. The van der Waals surface area contributed by atoms with Gasteiger partial charge in [0, 0.05) is 43.6 Å². The number of anilines is 1. The highest BCUT2D eigenvalue weighted by Gasteiger charge is 2.42. The summed E-state index contributed by atoms with van der Waals surface area (Å²) in [4.78, 5) is 23.5. The third kappa shape index (κ3) is 3.42. The quantitative estimate of drug-likeness (QED) is 0.888. The number of nitrogens with zero attached hydrogens (tertiary/aromatic N) is 3. The number of carbonyl (C=O) groups excluding carboxylic acids is 1. The van der Waals surface area contributed by atoms with Crippen molar-refractivity contribution < 1.29 is 14.3 Å². The lowest BCUT2D eigenvalue weighted by Crippen LogP contribution is -2.55. The average molecular weight is 346 g/mol. The minimum atomic E-state index is 0.0332. The number of fused-ring (bicyclic) bond motifs is 1. The Morgan fingerprint density at radius 3 is 2.96 bits per heavy atom. The van der Waals surface area contributed by atoms with E-state index >= 15 is 0 Å². The van der Waals surface area contributed by atoms with Crippen LogP contribution in [0.15, 0.2) is 12.4 Å². The molecule has 25 heavy (non-hydrogen) atoms. The van der Waals surface area contributed by atoms with Crippen molar-refractivity contribution in [1.29, 1.82) is 0 Å². The SMILES string of the molecule is COc1cc(N2CC[C@H]3OCC[C@@H](C(=O)NC4CCC4)[C@H]3C2)ncn1. The van der Waals surface area contributed by atoms with Crippen molar-refractivity contribution in [2.45, 2.75) is 44.2 Å². The Morgan fingerprint density at radius 2 is 2.20 bits per heavy atom. The minimum absolute atomic E-state index is 0.0332. The van der Waals surface area contributed by atoms with E-state index in [0.29, 0.717) is 18.5 Å². The molecular formula is C18H26N4O3. The molecule has 1 aromatic rings. The molecule has 0 bridgehead atoms. The summed E-state index contributed by atoms with van der Waals surface area (Å²) in [6.45, 7) is 2.34. The number of amides is 1. The summed E-state index contributed by atoms with van der Waals surface area (Å²) in [5, 5.41) is 3.23. The van der Waals surface area contributed by atoms with E-state index in [4.69, 9.17) is 9.47 Å². The fourth-order valence-electron chi connectivity index (χ4n) is 4.12. The summed E-state index contributed by atoms with van der Waals surface area (Å²) in [6, 6.07) is 2.24. The molecule has 2 saturated heterocycles. The molecule has 7 nitrogen and oxygen atoms in total. The Balaban J connectivity index is 1.47. The number of hydrogen-bond donors (Lipinski definition) is 1. The van der Waals surface area contributed by atoms with Crippen LogP contribution in [0.3, 0.4) is 0 Å². The van der Waals surface area contributed by atoms with Crippen LogP contribution in [0.4, 0.5) is 5.82 Å². The molecule has 3 aliphatic rings. The van der Waals surface area contributed by atoms with Crippen molar-refractivity contribution in [3.8, 4) is 5.88 Å². The molecule has 1 aromatic heterocycles. The van der Waals surface area contributed by atoms with E-state index in [9.17, 15) is 4.79 Å². The molecule has 136 valence electrons. The maximum atomic E-state index is 12.8. The molecule has 0 radical (unpaired) electrons. The van der Waals surface area contributed by atoms with Crippen LogP contribution in [0.25, 0.3) is 0 Å². The highest BCUT2D eigenvalue weighted by atomic mass is 16.5. The topological polar surface area (TPSA) is 76.6 Å². The van der Waals surface area contributed by atoms with Crippen LogP contribution in [0.2, 0.25) is 0 Å². The molecular weight excluding hydrogens is 320 g/mol. The van der Waals surface area contributed by atoms with Crippen molar-refractivity contribution in [1.82, 2.24) is 15.3 Å². The fraction of sp³-hybridized carbons (Fsp3) is 0.722. The van der Waals surface area contributed by atoms with E-state index in [2.05, 4.69) is 20.2 Å². The third-order valence-corrected chi connectivity index (χ3v) is 5.82. The van der Waals surface area contributed by atoms with Gasteiger partial charge in [-0.05, 0) is 32.1 Å². The molecule has 4 rings (SSSR count). The second kappa shape index (κ2) is 7.15. The Kier molecular flexibility index (Phi) is 4.74. The van der Waals surface area contributed by atoms with Crippen LogP contribution >= 0.6 is 0 Å². The highest BCUT2D eigenvalue weighted by molar-refractivity contribution is 5.79. The largest absolute Gasteiger partial charge is 0.481 e. The Hall–Kier alpha value is -1.89. The minimum Gasteiger partial charge on any atom is -0.481 e. The zero-order valence-corrected chi connectivity index (χ0v) is 14.7. The number of hydrogen-bond acceptors (Lipinski definition) is 6. The molecule has 3 heterocycles. The summed E-state index contributed by atoms with van der Waals surface area (Å²) in [5.41, 5.74) is 0. The molecule has 7 heteroatoms. The van der Waals surface area contributed by atoms with Gasteiger partial charge in [0.2, 0.25) is 11.8 Å². The first-order chi connectivity index (χ1) is 12.2. The molecule has 1 aliphatic carbocycles. The van der Waals surface area contributed by atoms with Gasteiger partial charge < -0.3 is 19.7 Å². The van der Waals surface area contributed by atoms with Crippen LogP contribution in [0.5, 0.6) is 5.88 Å². The standard InChI is InChI=1S/C18H26N4O3/c1-24-17-9-16(19-11-20-17)22-7-5-15-14(10-22)13(6-8-25-15)18(23)21-12-3-2-4-12/h9,11-15H,2-8,10H2,1H3,(H,21,23)/t13-,14-,15-/m1/s1. The van der Waals surface area contributed by atoms with E-state index in [1.54, 1.807) is 7.11 Å².